The molecule has 0 atom stereocenters. The van der Waals surface area contributed by atoms with Crippen LogP contribution in [0.3, 0.4) is 0 Å². The van der Waals surface area contributed by atoms with E-state index < -0.39 is 6.36 Å². The molecule has 7 heteroatoms. The Balaban J connectivity index is 2.05. The summed E-state index contributed by atoms with van der Waals surface area (Å²) in [6.45, 7) is 0.471. The molecule has 2 aromatic carbocycles. The predicted octanol–water partition coefficient (Wildman–Crippen LogP) is 4.54. The van der Waals surface area contributed by atoms with Crippen LogP contribution in [0.4, 0.5) is 24.5 Å². The Hall–Kier alpha value is -1.89. The van der Waals surface area contributed by atoms with Crippen LogP contribution in [0, 0.1) is 0 Å². The average Bonchev–Trinajstić information content (AvgIpc) is 2.39. The number of hydrogen-bond acceptors (Lipinski definition) is 3. The van der Waals surface area contributed by atoms with Crippen molar-refractivity contribution in [1.29, 1.82) is 0 Å². The summed E-state index contributed by atoms with van der Waals surface area (Å²) in [7, 11) is 0. The summed E-state index contributed by atoms with van der Waals surface area (Å²) in [6.07, 6.45) is -4.71. The third kappa shape index (κ3) is 4.56. The van der Waals surface area contributed by atoms with Crippen LogP contribution in [-0.2, 0) is 6.54 Å². The van der Waals surface area contributed by atoms with E-state index in [4.69, 9.17) is 5.73 Å². The van der Waals surface area contributed by atoms with Gasteiger partial charge in [0.25, 0.3) is 0 Å². The summed E-state index contributed by atoms with van der Waals surface area (Å²) < 4.78 is 40.6. The molecule has 0 bridgehead atoms. The van der Waals surface area contributed by atoms with Crippen molar-refractivity contribution in [2.24, 2.45) is 0 Å². The van der Waals surface area contributed by atoms with Crippen molar-refractivity contribution in [2.45, 2.75) is 12.9 Å². The van der Waals surface area contributed by atoms with Gasteiger partial charge in [-0.25, -0.2) is 0 Å². The van der Waals surface area contributed by atoms with Crippen LogP contribution in [-0.4, -0.2) is 6.36 Å². The number of anilines is 2. The molecule has 0 heterocycles. The van der Waals surface area contributed by atoms with Crippen molar-refractivity contribution in [1.82, 2.24) is 0 Å². The molecule has 3 nitrogen and oxygen atoms in total. The molecule has 21 heavy (non-hydrogen) atoms. The van der Waals surface area contributed by atoms with Gasteiger partial charge in [0.2, 0.25) is 0 Å². The zero-order chi connectivity index (χ0) is 15.5. The van der Waals surface area contributed by atoms with Gasteiger partial charge in [0, 0.05) is 17.9 Å². The third-order valence-corrected chi connectivity index (χ3v) is 3.32. The van der Waals surface area contributed by atoms with E-state index in [0.717, 1.165) is 5.56 Å². The van der Waals surface area contributed by atoms with Crippen molar-refractivity contribution < 1.29 is 17.9 Å². The van der Waals surface area contributed by atoms with Gasteiger partial charge in [-0.2, -0.15) is 0 Å². The lowest BCUT2D eigenvalue weighted by Crippen LogP contribution is -2.17. The molecule has 3 N–H and O–H groups in total. The number of nitrogens with two attached hydrogens (primary N) is 1. The Morgan fingerprint density at radius 3 is 2.48 bits per heavy atom. The van der Waals surface area contributed by atoms with Gasteiger partial charge >= 0.3 is 6.36 Å². The first-order chi connectivity index (χ1) is 9.85. The summed E-state index contributed by atoms with van der Waals surface area (Å²) in [5.74, 6) is -0.285. The Morgan fingerprint density at radius 2 is 1.86 bits per heavy atom. The van der Waals surface area contributed by atoms with E-state index >= 15 is 0 Å². The molecule has 0 spiro atoms. The first-order valence-electron chi connectivity index (χ1n) is 5.98. The first kappa shape index (κ1) is 15.5. The van der Waals surface area contributed by atoms with Gasteiger partial charge in [-0.1, -0.05) is 18.2 Å². The lowest BCUT2D eigenvalue weighted by Gasteiger charge is -2.13. The van der Waals surface area contributed by atoms with Gasteiger partial charge in [0.1, 0.15) is 5.75 Å². The van der Waals surface area contributed by atoms with Crippen LogP contribution < -0.4 is 15.8 Å². The SMILES string of the molecule is Nc1ccccc1CNc1ccc(OC(F)(F)F)c(Br)c1. The number of nitrogen functional groups attached to an aromatic ring is 1. The van der Waals surface area contributed by atoms with E-state index in [1.807, 2.05) is 18.2 Å². The molecule has 0 saturated heterocycles. The number of alkyl halides is 3. The van der Waals surface area contributed by atoms with E-state index in [9.17, 15) is 13.2 Å². The molecule has 2 aromatic rings. The third-order valence-electron chi connectivity index (χ3n) is 2.70. The van der Waals surface area contributed by atoms with E-state index in [0.29, 0.717) is 17.9 Å². The molecule has 0 aromatic heterocycles. The number of halogens is 4. The number of para-hydroxylation sites is 1. The zero-order valence-electron chi connectivity index (χ0n) is 10.7. The van der Waals surface area contributed by atoms with E-state index in [2.05, 4.69) is 26.0 Å². The molecule has 0 radical (unpaired) electrons. The second-order valence-electron chi connectivity index (χ2n) is 4.25. The van der Waals surface area contributed by atoms with Gasteiger partial charge in [0.05, 0.1) is 4.47 Å². The highest BCUT2D eigenvalue weighted by Crippen LogP contribution is 2.32. The van der Waals surface area contributed by atoms with Crippen LogP contribution in [0.25, 0.3) is 0 Å². The minimum absolute atomic E-state index is 0.214. The fourth-order valence-electron chi connectivity index (χ4n) is 1.71. The van der Waals surface area contributed by atoms with Crippen molar-refractivity contribution in [3.63, 3.8) is 0 Å². The Labute approximate surface area is 128 Å². The minimum Gasteiger partial charge on any atom is -0.405 e. The van der Waals surface area contributed by atoms with Crippen LogP contribution in [0.5, 0.6) is 5.75 Å². The lowest BCUT2D eigenvalue weighted by atomic mass is 10.2. The number of ether oxygens (including phenoxy) is 1. The Bertz CT molecular complexity index is 632. The molecule has 0 aliphatic heterocycles. The van der Waals surface area contributed by atoms with Gasteiger partial charge < -0.3 is 15.8 Å². The van der Waals surface area contributed by atoms with E-state index in [1.54, 1.807) is 6.07 Å². The maximum Gasteiger partial charge on any atom is 0.573 e. The average molecular weight is 361 g/mol. The van der Waals surface area contributed by atoms with Crippen molar-refractivity contribution in [2.75, 3.05) is 11.1 Å². The normalized spacial score (nSPS) is 11.2. The van der Waals surface area contributed by atoms with Crippen LogP contribution >= 0.6 is 15.9 Å². The molecule has 2 rings (SSSR count). The molecule has 0 aliphatic rings. The van der Waals surface area contributed by atoms with Crippen LogP contribution in [0.1, 0.15) is 5.56 Å². The van der Waals surface area contributed by atoms with Gasteiger partial charge in [-0.3, -0.25) is 0 Å². The molecular formula is C14H12BrF3N2O. The first-order valence-corrected chi connectivity index (χ1v) is 6.77. The molecule has 0 saturated carbocycles. The highest BCUT2D eigenvalue weighted by Gasteiger charge is 2.31. The summed E-state index contributed by atoms with van der Waals surface area (Å²) in [6, 6.07) is 11.6. The molecule has 0 amide bonds. The highest BCUT2D eigenvalue weighted by atomic mass is 79.9. The van der Waals surface area contributed by atoms with Crippen molar-refractivity contribution >= 4 is 27.3 Å². The quantitative estimate of drug-likeness (QED) is 0.786. The number of benzene rings is 2. The zero-order valence-corrected chi connectivity index (χ0v) is 12.3. The molecule has 0 aliphatic carbocycles. The highest BCUT2D eigenvalue weighted by molar-refractivity contribution is 9.10. The fourth-order valence-corrected chi connectivity index (χ4v) is 2.17. The second kappa shape index (κ2) is 6.26. The summed E-state index contributed by atoms with van der Waals surface area (Å²) in [5, 5.41) is 3.09. The van der Waals surface area contributed by atoms with Gasteiger partial charge in [0.15, 0.2) is 0 Å². The Kier molecular flexibility index (Phi) is 4.62. The maximum atomic E-state index is 12.2. The molecule has 112 valence electrons. The number of nitrogens with one attached hydrogen (secondary N) is 1. The van der Waals surface area contributed by atoms with Crippen molar-refractivity contribution in [3.8, 4) is 5.75 Å². The van der Waals surface area contributed by atoms with Gasteiger partial charge in [-0.05, 0) is 45.8 Å². The number of hydrogen-bond donors (Lipinski definition) is 2. The molecule has 0 fully saturated rings. The van der Waals surface area contributed by atoms with Gasteiger partial charge in [-0.15, -0.1) is 13.2 Å². The summed E-state index contributed by atoms with van der Waals surface area (Å²) >= 11 is 3.05. The Morgan fingerprint density at radius 1 is 1.14 bits per heavy atom. The number of rotatable bonds is 4. The van der Waals surface area contributed by atoms with E-state index in [1.165, 1.54) is 18.2 Å². The summed E-state index contributed by atoms with van der Waals surface area (Å²) in [4.78, 5) is 0. The second-order valence-corrected chi connectivity index (χ2v) is 5.10. The molecule has 0 unspecified atom stereocenters. The maximum absolute atomic E-state index is 12.2. The van der Waals surface area contributed by atoms with E-state index in [-0.39, 0.29) is 10.2 Å². The monoisotopic (exact) mass is 360 g/mol. The van der Waals surface area contributed by atoms with Crippen LogP contribution in [0.2, 0.25) is 0 Å². The predicted molar refractivity (Wildman–Crippen MR) is 79.0 cm³/mol. The van der Waals surface area contributed by atoms with Crippen LogP contribution in [0.15, 0.2) is 46.9 Å². The topological polar surface area (TPSA) is 47.3 Å². The smallest absolute Gasteiger partial charge is 0.405 e. The lowest BCUT2D eigenvalue weighted by molar-refractivity contribution is -0.274. The largest absolute Gasteiger partial charge is 0.573 e. The van der Waals surface area contributed by atoms with Crippen molar-refractivity contribution in [3.05, 3.63) is 52.5 Å². The molecular weight excluding hydrogens is 349 g/mol. The summed E-state index contributed by atoms with van der Waals surface area (Å²) in [5.41, 5.74) is 8.03. The standard InChI is InChI=1S/C14H12BrF3N2O/c15-11-7-10(5-6-13(11)21-14(16,17)18)20-8-9-3-1-2-4-12(9)19/h1-7,20H,8,19H2. The fraction of sp³-hybridized carbons (Fsp3) is 0.143. The minimum atomic E-state index is -4.71.